The van der Waals surface area contributed by atoms with E-state index in [1.807, 2.05) is 0 Å². The average Bonchev–Trinajstić information content (AvgIpc) is 3.30. The van der Waals surface area contributed by atoms with E-state index in [9.17, 15) is 9.18 Å². The standard InChI is InChI=1S/C28H47FN6O/c1-4-11-28(19-7-5-8-19)13-9-20(29)16-33-24(18(28)2)23(25(30)31)26(36)35-22-17-32-14-10-21(22)34-15-6-12-27(34,35)3/h18-19,21-25,32H,4-15,17,30-31H2,1-3H3. The van der Waals surface area contributed by atoms with Crippen LogP contribution in [0.2, 0.25) is 0 Å². The van der Waals surface area contributed by atoms with Gasteiger partial charge >= 0.3 is 0 Å². The number of piperidine rings is 1. The molecule has 1 aliphatic carbocycles. The van der Waals surface area contributed by atoms with Gasteiger partial charge < -0.3 is 21.7 Å². The second-order valence-corrected chi connectivity index (χ2v) is 12.5. The first-order valence-electron chi connectivity index (χ1n) is 14.5. The first-order chi connectivity index (χ1) is 17.2. The Morgan fingerprint density at radius 1 is 1.25 bits per heavy atom. The molecular formula is C28H47FN6O. The van der Waals surface area contributed by atoms with Gasteiger partial charge in [-0.2, -0.15) is 0 Å². The largest absolute Gasteiger partial charge is 0.318 e. The molecule has 0 spiro atoms. The van der Waals surface area contributed by atoms with Crippen LogP contribution in [0.1, 0.15) is 85.0 Å². The number of nitrogens with one attached hydrogen (secondary N) is 1. The number of amides is 1. The lowest BCUT2D eigenvalue weighted by Gasteiger charge is -2.53. The fraction of sp³-hybridized carbons (Fsp3) is 0.893. The van der Waals surface area contributed by atoms with Crippen molar-refractivity contribution in [2.24, 2.45) is 39.6 Å². The summed E-state index contributed by atoms with van der Waals surface area (Å²) in [5, 5.41) is 3.52. The highest BCUT2D eigenvalue weighted by Gasteiger charge is 2.61. The Bertz CT molecular complexity index is 900. The quantitative estimate of drug-likeness (QED) is 0.485. The molecule has 1 saturated carbocycles. The third kappa shape index (κ3) is 4.08. The maximum Gasteiger partial charge on any atom is 0.232 e. The summed E-state index contributed by atoms with van der Waals surface area (Å²) in [5.74, 6) is 2.29. The number of fused-ring (bicyclic) bond motifs is 3. The fourth-order valence-corrected chi connectivity index (χ4v) is 8.86. The molecule has 1 amide bonds. The number of hydrogen-bond acceptors (Lipinski definition) is 6. The van der Waals surface area contributed by atoms with Gasteiger partial charge in [-0.05, 0) is 75.7 Å². The number of halogens is 1. The molecular weight excluding hydrogens is 455 g/mol. The van der Waals surface area contributed by atoms with Crippen LogP contribution in [0, 0.1) is 23.2 Å². The van der Waals surface area contributed by atoms with E-state index in [1.54, 1.807) is 0 Å². The van der Waals surface area contributed by atoms with E-state index >= 15 is 0 Å². The van der Waals surface area contributed by atoms with Crippen LogP contribution in [0.3, 0.4) is 0 Å². The summed E-state index contributed by atoms with van der Waals surface area (Å²) < 4.78 is 14.9. The zero-order valence-corrected chi connectivity index (χ0v) is 22.5. The van der Waals surface area contributed by atoms with E-state index in [2.05, 4.69) is 41.8 Å². The SMILES string of the molecule is CCCC1(C2CCC2)CCC(F)=C=NC(C(C(=O)N2C3CNCCC3N3CCCC32C)C(N)N)C1C. The Morgan fingerprint density at radius 3 is 2.69 bits per heavy atom. The summed E-state index contributed by atoms with van der Waals surface area (Å²) in [6, 6.07) is -0.0168. The highest BCUT2D eigenvalue weighted by atomic mass is 19.1. The van der Waals surface area contributed by atoms with Gasteiger partial charge in [-0.15, -0.1) is 0 Å². The molecule has 36 heavy (non-hydrogen) atoms. The van der Waals surface area contributed by atoms with Gasteiger partial charge in [-0.25, -0.2) is 9.38 Å². The minimum atomic E-state index is -0.868. The lowest BCUT2D eigenvalue weighted by atomic mass is 9.53. The highest BCUT2D eigenvalue weighted by molar-refractivity contribution is 5.82. The Morgan fingerprint density at radius 2 is 2.03 bits per heavy atom. The summed E-state index contributed by atoms with van der Waals surface area (Å²) in [4.78, 5) is 24.0. The molecule has 202 valence electrons. The van der Waals surface area contributed by atoms with Crippen LogP contribution in [0.15, 0.2) is 10.8 Å². The molecule has 0 aromatic heterocycles. The maximum atomic E-state index is 14.9. The number of hydrogen-bond donors (Lipinski definition) is 3. The molecule has 5 N–H and O–H groups in total. The zero-order chi connectivity index (χ0) is 25.7. The van der Waals surface area contributed by atoms with E-state index in [4.69, 9.17) is 16.5 Å². The first-order valence-corrected chi connectivity index (χ1v) is 14.5. The second-order valence-electron chi connectivity index (χ2n) is 12.5. The van der Waals surface area contributed by atoms with Crippen LogP contribution in [-0.2, 0) is 4.79 Å². The van der Waals surface area contributed by atoms with Gasteiger partial charge in [-0.3, -0.25) is 9.69 Å². The predicted octanol–water partition coefficient (Wildman–Crippen LogP) is 3.14. The average molecular weight is 503 g/mol. The van der Waals surface area contributed by atoms with Crippen LogP contribution in [0.4, 0.5) is 4.39 Å². The lowest BCUT2D eigenvalue weighted by Crippen LogP contribution is -2.62. The van der Waals surface area contributed by atoms with Crippen molar-refractivity contribution in [2.45, 2.75) is 115 Å². The van der Waals surface area contributed by atoms with Crippen molar-refractivity contribution < 1.29 is 9.18 Å². The van der Waals surface area contributed by atoms with Crippen LogP contribution in [0.25, 0.3) is 0 Å². The smallest absolute Gasteiger partial charge is 0.232 e. The molecule has 7 unspecified atom stereocenters. The van der Waals surface area contributed by atoms with Gasteiger partial charge in [0, 0.05) is 31.4 Å². The van der Waals surface area contributed by atoms with E-state index in [1.165, 1.54) is 19.3 Å². The van der Waals surface area contributed by atoms with Gasteiger partial charge in [0.1, 0.15) is 0 Å². The van der Waals surface area contributed by atoms with Crippen molar-refractivity contribution in [2.75, 3.05) is 19.6 Å². The maximum absolute atomic E-state index is 14.9. The van der Waals surface area contributed by atoms with Crippen molar-refractivity contribution in [3.05, 3.63) is 5.83 Å². The molecule has 0 aromatic rings. The molecule has 0 bridgehead atoms. The molecule has 4 heterocycles. The predicted molar refractivity (Wildman–Crippen MR) is 141 cm³/mol. The van der Waals surface area contributed by atoms with Gasteiger partial charge in [0.05, 0.1) is 29.8 Å². The Kier molecular flexibility index (Phi) is 7.38. The van der Waals surface area contributed by atoms with Crippen LogP contribution in [-0.4, -0.2) is 71.2 Å². The number of rotatable bonds is 6. The number of nitrogens with zero attached hydrogens (tertiary/aromatic N) is 3. The van der Waals surface area contributed by atoms with Crippen LogP contribution in [0.5, 0.6) is 0 Å². The Labute approximate surface area is 216 Å². The van der Waals surface area contributed by atoms with Gasteiger partial charge in [0.25, 0.3) is 0 Å². The van der Waals surface area contributed by atoms with E-state index in [0.29, 0.717) is 18.4 Å². The Hall–Kier alpha value is -1.31. The number of aliphatic imine (C=N–C) groups is 1. The normalized spacial score (nSPS) is 40.3. The minimum absolute atomic E-state index is 0.00186. The number of nitrogens with two attached hydrogens (primary N) is 2. The van der Waals surface area contributed by atoms with Gasteiger partial charge in [0.15, 0.2) is 5.83 Å². The summed E-state index contributed by atoms with van der Waals surface area (Å²) in [6.45, 7) is 9.45. The Balaban J connectivity index is 1.55. The third-order valence-electron chi connectivity index (χ3n) is 10.8. The molecule has 5 rings (SSSR count). The third-order valence-corrected chi connectivity index (χ3v) is 10.8. The summed E-state index contributed by atoms with van der Waals surface area (Å²) in [5.41, 5.74) is 12.6. The zero-order valence-electron chi connectivity index (χ0n) is 22.5. The number of carbonyl (C=O) groups is 1. The van der Waals surface area contributed by atoms with Crippen molar-refractivity contribution in [1.82, 2.24) is 15.1 Å². The summed E-state index contributed by atoms with van der Waals surface area (Å²) in [7, 11) is 0. The van der Waals surface area contributed by atoms with Crippen molar-refractivity contribution in [3.63, 3.8) is 0 Å². The summed E-state index contributed by atoms with van der Waals surface area (Å²) in [6.07, 6.45) is 8.99. The van der Waals surface area contributed by atoms with Crippen molar-refractivity contribution >= 4 is 11.8 Å². The molecule has 0 radical (unpaired) electrons. The second kappa shape index (κ2) is 10.1. The molecule has 7 nitrogen and oxygen atoms in total. The molecule has 8 heteroatoms. The highest BCUT2D eigenvalue weighted by Crippen LogP contribution is 2.56. The molecule has 5 aliphatic rings. The molecule has 3 saturated heterocycles. The minimum Gasteiger partial charge on any atom is -0.318 e. The van der Waals surface area contributed by atoms with Crippen LogP contribution >= 0.6 is 0 Å². The van der Waals surface area contributed by atoms with E-state index < -0.39 is 18.1 Å². The molecule has 7 atom stereocenters. The summed E-state index contributed by atoms with van der Waals surface area (Å²) >= 11 is 0. The molecule has 4 aliphatic heterocycles. The number of allylic oxidation sites excluding steroid dienone is 1. The monoisotopic (exact) mass is 502 g/mol. The number of carbonyl (C=O) groups excluding carboxylic acids is 1. The molecule has 0 aromatic carbocycles. The van der Waals surface area contributed by atoms with E-state index in [-0.39, 0.29) is 34.8 Å². The topological polar surface area (TPSA) is 100.0 Å². The van der Waals surface area contributed by atoms with Crippen LogP contribution < -0.4 is 16.8 Å². The fourth-order valence-electron chi connectivity index (χ4n) is 8.86. The van der Waals surface area contributed by atoms with Gasteiger partial charge in [-0.1, -0.05) is 26.7 Å². The first kappa shape index (κ1) is 26.3. The molecule has 4 fully saturated rings. The van der Waals surface area contributed by atoms with E-state index in [0.717, 1.165) is 58.2 Å². The van der Waals surface area contributed by atoms with Gasteiger partial charge in [0.2, 0.25) is 5.91 Å². The lowest BCUT2D eigenvalue weighted by molar-refractivity contribution is -0.147. The van der Waals surface area contributed by atoms with Crippen molar-refractivity contribution in [1.29, 1.82) is 0 Å². The van der Waals surface area contributed by atoms with Crippen molar-refractivity contribution in [3.8, 4) is 0 Å².